The molecule has 3 aromatic carbocycles. The topological polar surface area (TPSA) is 166 Å². The number of pyridine rings is 1. The minimum absolute atomic E-state index is 0. The molecular weight excluding hydrogens is 938 g/mol. The van der Waals surface area contributed by atoms with Crippen LogP contribution in [-0.2, 0) is 46.5 Å². The van der Waals surface area contributed by atoms with E-state index in [-0.39, 0.29) is 46.6 Å². The molecule has 7 rings (SSSR count). The normalized spacial score (nSPS) is 17.6. The number of esters is 1. The number of allylic oxidation sites excluding steroid dienone is 1. The molecule has 2 fully saturated rings. The number of rotatable bonds is 12. The first-order valence-corrected chi connectivity index (χ1v) is 22.0. The van der Waals surface area contributed by atoms with Gasteiger partial charge in [-0.05, 0) is 88.4 Å². The summed E-state index contributed by atoms with van der Waals surface area (Å²) in [7, 11) is 0. The number of benzene rings is 3. The average Bonchev–Trinajstić information content (AvgIpc) is 3.57. The van der Waals surface area contributed by atoms with Crippen molar-refractivity contribution in [3.8, 4) is 5.75 Å². The molecule has 0 spiro atoms. The van der Waals surface area contributed by atoms with Crippen molar-refractivity contribution in [1.82, 2.24) is 15.3 Å². The van der Waals surface area contributed by atoms with Crippen LogP contribution >= 0.6 is 11.8 Å². The van der Waals surface area contributed by atoms with Crippen LogP contribution in [0, 0.1) is 5.82 Å². The second-order valence-corrected chi connectivity index (χ2v) is 18.6. The lowest BCUT2D eigenvalue weighted by atomic mass is 10.0. The SMILES string of the molecule is CC(C)(C)OC(=O)N[C@@H]1ON2C(C(=O)OC(c3ccccc3)c3ccccc3)=C(/C=C3\CCN(Cc4cc[n+](CC(=O)Nc5ccc(OC(=O)OC(C)(C)C)c(F)c5)cc4)C3=O)CS[C@H]12.[Br-]. The minimum Gasteiger partial charge on any atom is -1.00 e. The second kappa shape index (κ2) is 20.9. The van der Waals surface area contributed by atoms with Gasteiger partial charge in [0.1, 0.15) is 16.6 Å². The van der Waals surface area contributed by atoms with Crippen LogP contribution in [-0.4, -0.2) is 75.1 Å². The molecule has 2 saturated heterocycles. The van der Waals surface area contributed by atoms with E-state index in [1.54, 1.807) is 81.6 Å². The van der Waals surface area contributed by atoms with E-state index >= 15 is 0 Å². The average molecular weight is 989 g/mol. The number of ether oxygens (including phenoxy) is 4. The third-order valence-corrected chi connectivity index (χ3v) is 11.2. The number of carbonyl (C=O) groups is 5. The highest BCUT2D eigenvalue weighted by Gasteiger charge is 2.50. The molecule has 3 amide bonds. The van der Waals surface area contributed by atoms with E-state index < -0.39 is 58.9 Å². The van der Waals surface area contributed by atoms with Crippen molar-refractivity contribution in [1.29, 1.82) is 0 Å². The summed E-state index contributed by atoms with van der Waals surface area (Å²) in [5.41, 5.74) is 2.19. The number of nitrogens with one attached hydrogen (secondary N) is 2. The van der Waals surface area contributed by atoms with Gasteiger partial charge in [0.2, 0.25) is 12.5 Å². The highest BCUT2D eigenvalue weighted by atomic mass is 79.9. The van der Waals surface area contributed by atoms with Crippen molar-refractivity contribution in [2.75, 3.05) is 17.6 Å². The Morgan fingerprint density at radius 1 is 0.909 bits per heavy atom. The van der Waals surface area contributed by atoms with Crippen LogP contribution in [0.2, 0.25) is 0 Å². The third-order valence-electron chi connectivity index (χ3n) is 9.95. The molecule has 18 heteroatoms. The molecular formula is C48H51BrFN5O10S. The molecule has 4 heterocycles. The Labute approximate surface area is 397 Å². The number of hydrogen-bond donors (Lipinski definition) is 2. The number of likely N-dealkylation sites (tertiary alicyclic amines) is 1. The van der Waals surface area contributed by atoms with Crippen molar-refractivity contribution in [3.05, 3.63) is 149 Å². The van der Waals surface area contributed by atoms with E-state index in [1.165, 1.54) is 29.0 Å². The molecule has 66 heavy (non-hydrogen) atoms. The van der Waals surface area contributed by atoms with Crippen molar-refractivity contribution >= 4 is 47.5 Å². The fourth-order valence-electron chi connectivity index (χ4n) is 7.09. The summed E-state index contributed by atoms with van der Waals surface area (Å²) < 4.78 is 38.0. The Bertz CT molecular complexity index is 2460. The molecule has 2 N–H and O–H groups in total. The number of alkyl carbamates (subject to hydrolysis) is 1. The van der Waals surface area contributed by atoms with Gasteiger partial charge < -0.3 is 46.1 Å². The van der Waals surface area contributed by atoms with Gasteiger partial charge in [0, 0.05) is 48.3 Å². The van der Waals surface area contributed by atoms with Gasteiger partial charge in [0.15, 0.2) is 42.0 Å². The third kappa shape index (κ3) is 12.8. The first-order chi connectivity index (χ1) is 30.9. The zero-order valence-corrected chi connectivity index (χ0v) is 39.7. The fraction of sp³-hybridized carbons (Fsp3) is 0.333. The molecule has 0 aliphatic carbocycles. The van der Waals surface area contributed by atoms with E-state index in [4.69, 9.17) is 23.8 Å². The number of thioether (sulfide) groups is 1. The molecule has 348 valence electrons. The first-order valence-electron chi connectivity index (χ1n) is 21.0. The number of anilines is 1. The number of hydroxylamine groups is 2. The Hall–Kier alpha value is -6.24. The number of carbonyl (C=O) groups excluding carboxylic acids is 5. The first kappa shape index (κ1) is 49.2. The maximum absolute atomic E-state index is 14.7. The number of hydrogen-bond acceptors (Lipinski definition) is 12. The summed E-state index contributed by atoms with van der Waals surface area (Å²) in [6.45, 7) is 10.9. The summed E-state index contributed by atoms with van der Waals surface area (Å²) in [4.78, 5) is 73.4. The molecule has 0 saturated carbocycles. The molecule has 3 aliphatic heterocycles. The Morgan fingerprint density at radius 2 is 1.55 bits per heavy atom. The molecule has 0 bridgehead atoms. The molecule has 4 aromatic rings. The lowest BCUT2D eigenvalue weighted by Gasteiger charge is -2.50. The number of amides is 3. The minimum atomic E-state index is -1.05. The highest BCUT2D eigenvalue weighted by molar-refractivity contribution is 8.00. The lowest BCUT2D eigenvalue weighted by Crippen LogP contribution is -3.00. The van der Waals surface area contributed by atoms with Crippen LogP contribution in [0.4, 0.5) is 19.7 Å². The van der Waals surface area contributed by atoms with Gasteiger partial charge in [0.25, 0.3) is 5.91 Å². The number of fused-ring (bicyclic) bond motifs is 1. The molecule has 15 nitrogen and oxygen atoms in total. The van der Waals surface area contributed by atoms with E-state index in [2.05, 4.69) is 10.6 Å². The van der Waals surface area contributed by atoms with Crippen molar-refractivity contribution in [2.24, 2.45) is 0 Å². The van der Waals surface area contributed by atoms with Crippen LogP contribution in [0.1, 0.15) is 70.8 Å². The predicted molar refractivity (Wildman–Crippen MR) is 237 cm³/mol. The Balaban J connectivity index is 0.00000720. The molecule has 0 unspecified atom stereocenters. The second-order valence-electron chi connectivity index (χ2n) is 17.5. The van der Waals surface area contributed by atoms with Gasteiger partial charge in [-0.25, -0.2) is 28.7 Å². The van der Waals surface area contributed by atoms with Gasteiger partial charge in [-0.1, -0.05) is 60.7 Å². The number of aromatic nitrogens is 1. The largest absolute Gasteiger partial charge is 1.00 e. The molecule has 1 aromatic heterocycles. The van der Waals surface area contributed by atoms with Crippen LogP contribution in [0.3, 0.4) is 0 Å². The molecule has 0 radical (unpaired) electrons. The van der Waals surface area contributed by atoms with Crippen LogP contribution in [0.25, 0.3) is 0 Å². The van der Waals surface area contributed by atoms with E-state index in [9.17, 15) is 28.4 Å². The van der Waals surface area contributed by atoms with Gasteiger partial charge >= 0.3 is 18.2 Å². The van der Waals surface area contributed by atoms with Crippen molar-refractivity contribution < 1.29 is 73.7 Å². The Morgan fingerprint density at radius 3 is 2.15 bits per heavy atom. The van der Waals surface area contributed by atoms with Crippen LogP contribution in [0.5, 0.6) is 5.75 Å². The maximum Gasteiger partial charge on any atom is 0.514 e. The number of nitrogens with zero attached hydrogens (tertiary/aromatic N) is 3. The van der Waals surface area contributed by atoms with Crippen molar-refractivity contribution in [2.45, 2.75) is 90.0 Å². The standard InChI is InChI=1S/C48H50FN5O10S.BrH/c1-47(2,3)62-45(58)51-41-43-54(64-41)39(44(57)61-40(31-13-9-7-10-14-31)32-15-11-8-12-16-32)34(29-65-43)25-33-21-24-53(42(33)56)27-30-19-22-52(23-20-30)28-38(55)50-35-17-18-37(36(49)26-35)60-46(59)63-48(4,5)6;/h7-20,22-23,25-26,40-41,43H,21,24,27-29H2,1-6H3,(H-,50,51,55,58);1H/b33-25+;/t41-,43-;/m1./s1. The fourth-order valence-corrected chi connectivity index (χ4v) is 8.24. The van der Waals surface area contributed by atoms with E-state index in [0.717, 1.165) is 22.8 Å². The molecule has 3 aliphatic rings. The van der Waals surface area contributed by atoms with Gasteiger partial charge in [-0.3, -0.25) is 14.9 Å². The zero-order chi connectivity index (χ0) is 46.5. The van der Waals surface area contributed by atoms with Crippen molar-refractivity contribution in [3.63, 3.8) is 0 Å². The van der Waals surface area contributed by atoms with Gasteiger partial charge in [-0.2, -0.15) is 4.57 Å². The smallest absolute Gasteiger partial charge is 0.514 e. The number of halogens is 2. The Kier molecular flexibility index (Phi) is 15.6. The summed E-state index contributed by atoms with van der Waals surface area (Å²) >= 11 is 1.45. The summed E-state index contributed by atoms with van der Waals surface area (Å²) in [6, 6.07) is 26.1. The van der Waals surface area contributed by atoms with E-state index in [0.29, 0.717) is 36.4 Å². The summed E-state index contributed by atoms with van der Waals surface area (Å²) in [6.07, 6.45) is 2.37. The zero-order valence-electron chi connectivity index (χ0n) is 37.2. The quantitative estimate of drug-likeness (QED) is 0.0674. The lowest BCUT2D eigenvalue weighted by molar-refractivity contribution is -0.684. The summed E-state index contributed by atoms with van der Waals surface area (Å²) in [5.74, 6) is -2.13. The monoisotopic (exact) mass is 987 g/mol. The highest BCUT2D eigenvalue weighted by Crippen LogP contribution is 2.43. The van der Waals surface area contributed by atoms with Gasteiger partial charge in [-0.15, -0.1) is 11.8 Å². The van der Waals surface area contributed by atoms with Crippen LogP contribution < -0.4 is 36.9 Å². The van der Waals surface area contributed by atoms with Crippen LogP contribution in [0.15, 0.2) is 126 Å². The predicted octanol–water partition coefficient (Wildman–Crippen LogP) is 4.49. The van der Waals surface area contributed by atoms with E-state index in [1.807, 2.05) is 60.7 Å². The summed E-state index contributed by atoms with van der Waals surface area (Å²) in [5, 5.41) is 6.34. The maximum atomic E-state index is 14.7. The molecule has 2 atom stereocenters. The van der Waals surface area contributed by atoms with Gasteiger partial charge in [0.05, 0.1) is 0 Å².